The minimum Gasteiger partial charge on any atom is -0.448 e. The van der Waals surface area contributed by atoms with Crippen molar-refractivity contribution >= 4 is 40.9 Å². The summed E-state index contributed by atoms with van der Waals surface area (Å²) in [4.78, 5) is 25.3. The van der Waals surface area contributed by atoms with Gasteiger partial charge >= 0.3 is 12.4 Å². The molecule has 0 bridgehead atoms. The fraction of sp³-hybridized carbons (Fsp3) is 0.105. The van der Waals surface area contributed by atoms with Crippen LogP contribution in [0.15, 0.2) is 40.3 Å². The van der Waals surface area contributed by atoms with Crippen LogP contribution in [0.25, 0.3) is 6.08 Å². The third-order valence-corrected chi connectivity index (χ3v) is 4.27. The van der Waals surface area contributed by atoms with Crippen LogP contribution < -0.4 is 10.2 Å². The Morgan fingerprint density at radius 2 is 1.61 bits per heavy atom. The Kier molecular flexibility index (Phi) is 5.41. The smallest absolute Gasteiger partial charge is 0.416 e. The summed E-state index contributed by atoms with van der Waals surface area (Å²) in [6.07, 6.45) is -4.20. The molecule has 1 fully saturated rings. The van der Waals surface area contributed by atoms with Crippen LogP contribution in [-0.2, 0) is 21.9 Å². The molecule has 5 nitrogen and oxygen atoms in total. The summed E-state index contributed by atoms with van der Waals surface area (Å²) in [5.74, 6) is -0.0839. The van der Waals surface area contributed by atoms with Crippen LogP contribution in [0, 0.1) is 12.3 Å². The van der Waals surface area contributed by atoms with Gasteiger partial charge in [0.05, 0.1) is 16.8 Å². The van der Waals surface area contributed by atoms with Crippen LogP contribution in [0.4, 0.5) is 32.0 Å². The maximum absolute atomic E-state index is 13.1. The minimum atomic E-state index is -5.14. The lowest BCUT2D eigenvalue weighted by Crippen LogP contribution is -2.54. The molecule has 160 valence electrons. The van der Waals surface area contributed by atoms with Crippen LogP contribution in [0.3, 0.4) is 0 Å². The Morgan fingerprint density at radius 1 is 1.03 bits per heavy atom. The van der Waals surface area contributed by atoms with Gasteiger partial charge in [-0.2, -0.15) is 26.3 Å². The summed E-state index contributed by atoms with van der Waals surface area (Å²) < 4.78 is 84.0. The van der Waals surface area contributed by atoms with E-state index in [2.05, 4.69) is 11.2 Å². The lowest BCUT2D eigenvalue weighted by Gasteiger charge is -2.29. The number of terminal acetylenes is 1. The normalized spacial score (nSPS) is 16.5. The van der Waals surface area contributed by atoms with Crippen molar-refractivity contribution in [3.05, 3.63) is 58.6 Å². The van der Waals surface area contributed by atoms with Gasteiger partial charge in [-0.25, -0.2) is 0 Å². The Bertz CT molecular complexity index is 1140. The van der Waals surface area contributed by atoms with Crippen LogP contribution in [0.2, 0.25) is 0 Å². The van der Waals surface area contributed by atoms with Crippen molar-refractivity contribution in [2.24, 2.45) is 0 Å². The lowest BCUT2D eigenvalue weighted by molar-refractivity contribution is -0.143. The number of nitrogens with zero attached hydrogens (tertiary/aromatic N) is 1. The van der Waals surface area contributed by atoms with Gasteiger partial charge in [0.1, 0.15) is 11.3 Å². The Hall–Kier alpha value is -3.59. The highest BCUT2D eigenvalue weighted by Gasteiger charge is 2.40. The van der Waals surface area contributed by atoms with Crippen LogP contribution in [0.1, 0.15) is 22.6 Å². The highest BCUT2D eigenvalue weighted by Crippen LogP contribution is 2.39. The molecule has 0 radical (unpaired) electrons. The second kappa shape index (κ2) is 7.59. The molecule has 0 atom stereocenters. The van der Waals surface area contributed by atoms with Crippen molar-refractivity contribution in [1.29, 1.82) is 0 Å². The molecule has 0 spiro atoms. The monoisotopic (exact) mass is 458 g/mol. The van der Waals surface area contributed by atoms with Gasteiger partial charge in [-0.1, -0.05) is 0 Å². The van der Waals surface area contributed by atoms with E-state index in [-0.39, 0.29) is 17.6 Å². The topological polar surface area (TPSA) is 62.6 Å². The molecule has 1 aliphatic heterocycles. The number of halogens is 6. The maximum Gasteiger partial charge on any atom is 0.416 e. The standard InChI is InChI=1S/C19H8F6N2O3S/c1-2-12-3-4-13(30-12)8-14-15(28)26-17(31)27(16(14)29)11-6-9(18(20,21)22)5-10(7-11)19(23,24)25/h1,3-8H,(H,26,28,31)/b14-8+. The lowest BCUT2D eigenvalue weighted by atomic mass is 10.1. The van der Waals surface area contributed by atoms with Crippen LogP contribution in [0.5, 0.6) is 0 Å². The second-order valence-electron chi connectivity index (χ2n) is 6.07. The van der Waals surface area contributed by atoms with Crippen molar-refractivity contribution in [2.75, 3.05) is 4.90 Å². The molecule has 12 heteroatoms. The number of rotatable bonds is 2. The SMILES string of the molecule is C#Cc1ccc(/C=C2\C(=O)NC(=S)N(c3cc(C(F)(F)F)cc(C(F)(F)F)c3)C2=O)o1. The number of carbonyl (C=O) groups is 2. The van der Waals surface area contributed by atoms with Crippen molar-refractivity contribution < 1.29 is 40.3 Å². The number of anilines is 1. The van der Waals surface area contributed by atoms with E-state index in [9.17, 15) is 35.9 Å². The summed E-state index contributed by atoms with van der Waals surface area (Å²) in [6.45, 7) is 0. The van der Waals surface area contributed by atoms with Crippen molar-refractivity contribution in [3.63, 3.8) is 0 Å². The van der Waals surface area contributed by atoms with Crippen LogP contribution in [-0.4, -0.2) is 16.9 Å². The van der Waals surface area contributed by atoms with Crippen molar-refractivity contribution in [1.82, 2.24) is 5.32 Å². The van der Waals surface area contributed by atoms with Crippen molar-refractivity contribution in [3.8, 4) is 12.3 Å². The summed E-state index contributed by atoms with van der Waals surface area (Å²) in [5, 5.41) is 1.36. The summed E-state index contributed by atoms with van der Waals surface area (Å²) >= 11 is 4.81. The van der Waals surface area contributed by atoms with Gasteiger partial charge in [0, 0.05) is 0 Å². The largest absolute Gasteiger partial charge is 0.448 e. The first-order valence-electron chi connectivity index (χ1n) is 8.08. The number of furan rings is 1. The third kappa shape index (κ3) is 4.46. The highest BCUT2D eigenvalue weighted by atomic mass is 32.1. The molecular formula is C19H8F6N2O3S. The maximum atomic E-state index is 13.1. The number of amides is 2. The number of alkyl halides is 6. The molecule has 3 rings (SSSR count). The summed E-state index contributed by atoms with van der Waals surface area (Å²) in [5.41, 5.74) is -4.77. The minimum absolute atomic E-state index is 0.0424. The Morgan fingerprint density at radius 3 is 2.10 bits per heavy atom. The first-order chi connectivity index (χ1) is 14.3. The predicted octanol–water partition coefficient (Wildman–Crippen LogP) is 4.13. The number of hydrogen-bond acceptors (Lipinski definition) is 4. The molecule has 2 amide bonds. The molecule has 2 aromatic rings. The Balaban J connectivity index is 2.13. The van der Waals surface area contributed by atoms with Gasteiger partial charge in [0.2, 0.25) is 0 Å². The molecular weight excluding hydrogens is 450 g/mol. The Labute approximate surface area is 175 Å². The molecule has 31 heavy (non-hydrogen) atoms. The second-order valence-corrected chi connectivity index (χ2v) is 6.45. The molecule has 0 aliphatic carbocycles. The van der Waals surface area contributed by atoms with Gasteiger partial charge in [-0.15, -0.1) is 6.42 Å². The quantitative estimate of drug-likeness (QED) is 0.242. The van der Waals surface area contributed by atoms with E-state index >= 15 is 0 Å². The van der Waals surface area contributed by atoms with E-state index in [1.165, 1.54) is 12.1 Å². The van der Waals surface area contributed by atoms with Gasteiger partial charge in [-0.3, -0.25) is 19.8 Å². The molecule has 1 aliphatic rings. The zero-order valence-corrected chi connectivity index (χ0v) is 15.7. The highest BCUT2D eigenvalue weighted by molar-refractivity contribution is 7.80. The summed E-state index contributed by atoms with van der Waals surface area (Å²) in [7, 11) is 0. The third-order valence-electron chi connectivity index (χ3n) is 3.99. The zero-order chi connectivity index (χ0) is 23.1. The fourth-order valence-corrected chi connectivity index (χ4v) is 2.89. The molecule has 1 saturated heterocycles. The number of nitrogens with one attached hydrogen (secondary N) is 1. The number of hydrogen-bond donors (Lipinski definition) is 1. The number of carbonyl (C=O) groups excluding carboxylic acids is 2. The summed E-state index contributed by atoms with van der Waals surface area (Å²) in [6, 6.07) is 3.20. The van der Waals surface area contributed by atoms with E-state index in [0.29, 0.717) is 17.0 Å². The number of benzene rings is 1. The molecule has 0 saturated carbocycles. The van der Waals surface area contributed by atoms with Crippen LogP contribution >= 0.6 is 12.2 Å². The van der Waals surface area contributed by atoms with E-state index in [1.807, 2.05) is 0 Å². The van der Waals surface area contributed by atoms with Gasteiger partial charge in [0.15, 0.2) is 10.9 Å². The molecule has 0 unspecified atom stereocenters. The first-order valence-corrected chi connectivity index (χ1v) is 8.49. The first kappa shape index (κ1) is 22.1. The van der Waals surface area contributed by atoms with Gasteiger partial charge in [0.25, 0.3) is 11.8 Å². The molecule has 1 aromatic carbocycles. The van der Waals surface area contributed by atoms with E-state index < -0.39 is 51.7 Å². The van der Waals surface area contributed by atoms with Gasteiger partial charge in [-0.05, 0) is 54.5 Å². The van der Waals surface area contributed by atoms with E-state index in [1.54, 1.807) is 0 Å². The van der Waals surface area contributed by atoms with E-state index in [4.69, 9.17) is 23.1 Å². The van der Waals surface area contributed by atoms with E-state index in [0.717, 1.165) is 6.08 Å². The zero-order valence-electron chi connectivity index (χ0n) is 14.9. The molecule has 2 heterocycles. The fourth-order valence-electron chi connectivity index (χ4n) is 2.61. The average molecular weight is 458 g/mol. The van der Waals surface area contributed by atoms with Crippen molar-refractivity contribution in [2.45, 2.75) is 12.4 Å². The van der Waals surface area contributed by atoms with Gasteiger partial charge < -0.3 is 4.42 Å². The number of thiocarbonyl (C=S) groups is 1. The molecule has 1 N–H and O–H groups in total. The average Bonchev–Trinajstić information content (AvgIpc) is 3.11. The molecule has 1 aromatic heterocycles. The predicted molar refractivity (Wildman–Crippen MR) is 99.3 cm³/mol.